The van der Waals surface area contributed by atoms with Gasteiger partial charge in [0.2, 0.25) is 5.91 Å². The highest BCUT2D eigenvalue weighted by atomic mass is 32.2. The minimum absolute atomic E-state index is 0.0466. The SMILES string of the molecule is Cc1ccccc1NC(=O)C(C)SCCCC(=O)O. The number of nitrogens with one attached hydrogen (secondary N) is 1. The first-order valence-electron chi connectivity index (χ1n) is 6.20. The van der Waals surface area contributed by atoms with Crippen molar-refractivity contribution in [1.29, 1.82) is 0 Å². The number of benzene rings is 1. The molecule has 0 fully saturated rings. The highest BCUT2D eigenvalue weighted by Gasteiger charge is 2.14. The fourth-order valence-corrected chi connectivity index (χ4v) is 2.38. The van der Waals surface area contributed by atoms with Crippen LogP contribution in [0, 0.1) is 6.92 Å². The smallest absolute Gasteiger partial charge is 0.303 e. The molecule has 104 valence electrons. The Morgan fingerprint density at radius 1 is 1.37 bits per heavy atom. The molecule has 0 aliphatic rings. The van der Waals surface area contributed by atoms with E-state index in [-0.39, 0.29) is 17.6 Å². The molecule has 1 rings (SSSR count). The summed E-state index contributed by atoms with van der Waals surface area (Å²) in [6.07, 6.45) is 0.737. The lowest BCUT2D eigenvalue weighted by molar-refractivity contribution is -0.137. The van der Waals surface area contributed by atoms with Crippen molar-refractivity contribution in [2.24, 2.45) is 0 Å². The highest BCUT2D eigenvalue weighted by Crippen LogP contribution is 2.18. The van der Waals surface area contributed by atoms with Crippen molar-refractivity contribution in [2.45, 2.75) is 31.9 Å². The van der Waals surface area contributed by atoms with Gasteiger partial charge in [0.05, 0.1) is 5.25 Å². The van der Waals surface area contributed by atoms with E-state index in [2.05, 4.69) is 5.32 Å². The predicted molar refractivity (Wildman–Crippen MR) is 78.6 cm³/mol. The van der Waals surface area contributed by atoms with E-state index in [1.165, 1.54) is 11.8 Å². The maximum atomic E-state index is 11.9. The molecule has 0 radical (unpaired) electrons. The number of anilines is 1. The van der Waals surface area contributed by atoms with Crippen LogP contribution in [0.3, 0.4) is 0 Å². The predicted octanol–water partition coefficient (Wildman–Crippen LogP) is 2.92. The standard InChI is InChI=1S/C14H19NO3S/c1-10-6-3-4-7-12(10)15-14(18)11(2)19-9-5-8-13(16)17/h3-4,6-7,11H,5,8-9H2,1-2H3,(H,15,18)(H,16,17). The molecule has 0 aromatic heterocycles. The van der Waals surface area contributed by atoms with Gasteiger partial charge in [-0.3, -0.25) is 9.59 Å². The van der Waals surface area contributed by atoms with Crippen molar-refractivity contribution in [2.75, 3.05) is 11.1 Å². The Morgan fingerprint density at radius 2 is 2.05 bits per heavy atom. The van der Waals surface area contributed by atoms with E-state index in [1.807, 2.05) is 38.1 Å². The summed E-state index contributed by atoms with van der Waals surface area (Å²) in [6, 6.07) is 7.62. The van der Waals surface area contributed by atoms with Gasteiger partial charge >= 0.3 is 5.97 Å². The second-order valence-electron chi connectivity index (χ2n) is 4.31. The fourth-order valence-electron chi connectivity index (χ4n) is 1.51. The van der Waals surface area contributed by atoms with Gasteiger partial charge in [-0.25, -0.2) is 0 Å². The molecule has 2 N–H and O–H groups in total. The number of hydrogen-bond donors (Lipinski definition) is 2. The van der Waals surface area contributed by atoms with Crippen molar-refractivity contribution in [1.82, 2.24) is 0 Å². The second kappa shape index (κ2) is 7.84. The van der Waals surface area contributed by atoms with Gasteiger partial charge in [0, 0.05) is 12.1 Å². The third-order valence-electron chi connectivity index (χ3n) is 2.67. The topological polar surface area (TPSA) is 66.4 Å². The molecular weight excluding hydrogens is 262 g/mol. The van der Waals surface area contributed by atoms with E-state index in [4.69, 9.17) is 5.11 Å². The number of rotatable bonds is 7. The Hall–Kier alpha value is -1.49. The first-order chi connectivity index (χ1) is 9.00. The zero-order valence-corrected chi connectivity index (χ0v) is 12.0. The van der Waals surface area contributed by atoms with Crippen LogP contribution < -0.4 is 5.32 Å². The van der Waals surface area contributed by atoms with Gasteiger partial charge in [-0.05, 0) is 37.7 Å². The molecule has 19 heavy (non-hydrogen) atoms. The molecule has 1 unspecified atom stereocenters. The average Bonchev–Trinajstić information content (AvgIpc) is 2.36. The van der Waals surface area contributed by atoms with Crippen LogP contribution in [-0.4, -0.2) is 28.0 Å². The van der Waals surface area contributed by atoms with Gasteiger partial charge in [0.25, 0.3) is 0 Å². The van der Waals surface area contributed by atoms with Gasteiger partial charge in [0.15, 0.2) is 0 Å². The summed E-state index contributed by atoms with van der Waals surface area (Å²) in [5.74, 6) is -0.165. The van der Waals surface area contributed by atoms with Crippen molar-refractivity contribution in [3.8, 4) is 0 Å². The number of carbonyl (C=O) groups is 2. The Morgan fingerprint density at radius 3 is 2.68 bits per heavy atom. The van der Waals surface area contributed by atoms with Crippen LogP contribution >= 0.6 is 11.8 Å². The van der Waals surface area contributed by atoms with E-state index in [9.17, 15) is 9.59 Å². The maximum absolute atomic E-state index is 11.9. The largest absolute Gasteiger partial charge is 0.481 e. The number of carboxylic acid groups (broad SMARTS) is 1. The van der Waals surface area contributed by atoms with Crippen LogP contribution in [0.2, 0.25) is 0 Å². The lowest BCUT2D eigenvalue weighted by atomic mass is 10.2. The number of carbonyl (C=O) groups excluding carboxylic acids is 1. The normalized spacial score (nSPS) is 11.9. The van der Waals surface area contributed by atoms with E-state index >= 15 is 0 Å². The van der Waals surface area contributed by atoms with E-state index in [1.54, 1.807) is 0 Å². The van der Waals surface area contributed by atoms with Gasteiger partial charge in [-0.15, -0.1) is 11.8 Å². The molecule has 4 nitrogen and oxygen atoms in total. The van der Waals surface area contributed by atoms with E-state index in [0.717, 1.165) is 11.3 Å². The lowest BCUT2D eigenvalue weighted by Gasteiger charge is -2.13. The number of amides is 1. The lowest BCUT2D eigenvalue weighted by Crippen LogP contribution is -2.23. The number of carboxylic acids is 1. The minimum atomic E-state index is -0.794. The van der Waals surface area contributed by atoms with Crippen LogP contribution in [0.4, 0.5) is 5.69 Å². The first kappa shape index (κ1) is 15.6. The van der Waals surface area contributed by atoms with E-state index < -0.39 is 5.97 Å². The molecule has 1 aromatic rings. The zero-order valence-electron chi connectivity index (χ0n) is 11.2. The second-order valence-corrected chi connectivity index (χ2v) is 5.76. The number of hydrogen-bond acceptors (Lipinski definition) is 3. The number of para-hydroxylation sites is 1. The van der Waals surface area contributed by atoms with Crippen LogP contribution in [-0.2, 0) is 9.59 Å². The van der Waals surface area contributed by atoms with Crippen molar-refractivity contribution in [3.63, 3.8) is 0 Å². The Kier molecular flexibility index (Phi) is 6.42. The number of aliphatic carboxylic acids is 1. The van der Waals surface area contributed by atoms with Gasteiger partial charge in [0.1, 0.15) is 0 Å². The molecule has 0 saturated heterocycles. The summed E-state index contributed by atoms with van der Waals surface area (Å²) in [7, 11) is 0. The maximum Gasteiger partial charge on any atom is 0.303 e. The van der Waals surface area contributed by atoms with Gasteiger partial charge in [-0.1, -0.05) is 18.2 Å². The summed E-state index contributed by atoms with van der Waals surface area (Å²) >= 11 is 1.48. The third-order valence-corrected chi connectivity index (χ3v) is 3.91. The first-order valence-corrected chi connectivity index (χ1v) is 7.25. The molecule has 1 amide bonds. The molecule has 1 atom stereocenters. The molecule has 0 spiro atoms. The monoisotopic (exact) mass is 281 g/mol. The molecule has 0 aliphatic heterocycles. The fraction of sp³-hybridized carbons (Fsp3) is 0.429. The van der Waals surface area contributed by atoms with Gasteiger partial charge < -0.3 is 10.4 Å². The van der Waals surface area contributed by atoms with Crippen LogP contribution in [0.15, 0.2) is 24.3 Å². The van der Waals surface area contributed by atoms with Crippen LogP contribution in [0.25, 0.3) is 0 Å². The van der Waals surface area contributed by atoms with Crippen LogP contribution in [0.1, 0.15) is 25.3 Å². The molecule has 5 heteroatoms. The average molecular weight is 281 g/mol. The molecule has 0 bridgehead atoms. The quantitative estimate of drug-likeness (QED) is 0.754. The Balaban J connectivity index is 2.37. The number of aryl methyl sites for hydroxylation is 1. The summed E-state index contributed by atoms with van der Waals surface area (Å²) in [6.45, 7) is 3.78. The van der Waals surface area contributed by atoms with Crippen molar-refractivity contribution < 1.29 is 14.7 Å². The summed E-state index contributed by atoms with van der Waals surface area (Å²) in [4.78, 5) is 22.3. The molecule has 0 aliphatic carbocycles. The molecule has 0 heterocycles. The van der Waals surface area contributed by atoms with Gasteiger partial charge in [-0.2, -0.15) is 0 Å². The summed E-state index contributed by atoms with van der Waals surface area (Å²) in [5, 5.41) is 11.2. The Labute approximate surface area is 117 Å². The van der Waals surface area contributed by atoms with E-state index in [0.29, 0.717) is 12.2 Å². The molecule has 1 aromatic carbocycles. The van der Waals surface area contributed by atoms with Crippen LogP contribution in [0.5, 0.6) is 0 Å². The summed E-state index contributed by atoms with van der Waals surface area (Å²) in [5.41, 5.74) is 1.85. The molecular formula is C14H19NO3S. The third kappa shape index (κ3) is 5.79. The van der Waals surface area contributed by atoms with Crippen molar-refractivity contribution >= 4 is 29.3 Å². The van der Waals surface area contributed by atoms with Crippen molar-refractivity contribution in [3.05, 3.63) is 29.8 Å². The highest BCUT2D eigenvalue weighted by molar-refractivity contribution is 8.00. The zero-order chi connectivity index (χ0) is 14.3. The number of thioether (sulfide) groups is 1. The summed E-state index contributed by atoms with van der Waals surface area (Å²) < 4.78 is 0. The minimum Gasteiger partial charge on any atom is -0.481 e. The molecule has 0 saturated carbocycles. The Bertz CT molecular complexity index is 448.